The van der Waals surface area contributed by atoms with Crippen LogP contribution in [-0.2, 0) is 0 Å². The van der Waals surface area contributed by atoms with E-state index in [4.69, 9.17) is 9.47 Å². The van der Waals surface area contributed by atoms with E-state index in [0.29, 0.717) is 0 Å². The minimum Gasteiger partial charge on any atom is -0.493 e. The fraction of sp³-hybridized carbons (Fsp3) is 0.167. The molecule has 2 heteroatoms. The topological polar surface area (TPSA) is 18.5 Å². The van der Waals surface area contributed by atoms with Crippen molar-refractivity contribution in [3.05, 3.63) is 36.4 Å². The van der Waals surface area contributed by atoms with E-state index in [1.165, 1.54) is 0 Å². The van der Waals surface area contributed by atoms with E-state index in [0.717, 1.165) is 22.3 Å². The smallest absolute Gasteiger partial charge is 0.168 e. The zero-order valence-electron chi connectivity index (χ0n) is 8.20. The molecule has 0 spiro atoms. The summed E-state index contributed by atoms with van der Waals surface area (Å²) in [6.45, 7) is 0. The van der Waals surface area contributed by atoms with Gasteiger partial charge in [-0.1, -0.05) is 18.2 Å². The lowest BCUT2D eigenvalue weighted by Crippen LogP contribution is -1.91. The van der Waals surface area contributed by atoms with Gasteiger partial charge in [0.15, 0.2) is 11.5 Å². The maximum atomic E-state index is 5.30. The molecule has 2 nitrogen and oxygen atoms in total. The Balaban J connectivity index is 2.77. The van der Waals surface area contributed by atoms with Crippen LogP contribution in [0.5, 0.6) is 11.5 Å². The Labute approximate surface area is 83.1 Å². The fourth-order valence-electron chi connectivity index (χ4n) is 1.52. The van der Waals surface area contributed by atoms with Crippen LogP contribution in [0.15, 0.2) is 30.3 Å². The van der Waals surface area contributed by atoms with Gasteiger partial charge < -0.3 is 9.47 Å². The third kappa shape index (κ3) is 1.29. The van der Waals surface area contributed by atoms with Crippen molar-refractivity contribution in [1.82, 2.24) is 0 Å². The highest BCUT2D eigenvalue weighted by molar-refractivity contribution is 5.90. The molecule has 0 heterocycles. The summed E-state index contributed by atoms with van der Waals surface area (Å²) in [6.07, 6.45) is 0. The highest BCUT2D eigenvalue weighted by Crippen LogP contribution is 2.34. The molecule has 0 aromatic heterocycles. The van der Waals surface area contributed by atoms with Gasteiger partial charge in [0.05, 0.1) is 14.2 Å². The number of benzene rings is 2. The van der Waals surface area contributed by atoms with E-state index in [2.05, 4.69) is 6.07 Å². The van der Waals surface area contributed by atoms with Gasteiger partial charge in [0.2, 0.25) is 0 Å². The van der Waals surface area contributed by atoms with Crippen LogP contribution in [0.25, 0.3) is 10.8 Å². The van der Waals surface area contributed by atoms with Crippen molar-refractivity contribution in [1.29, 1.82) is 0 Å². The fourth-order valence-corrected chi connectivity index (χ4v) is 1.52. The molecule has 0 fully saturated rings. The SMILES string of the molecule is COc1ccc2[c]cccc2c1OC. The van der Waals surface area contributed by atoms with Crippen molar-refractivity contribution in [2.45, 2.75) is 0 Å². The number of rotatable bonds is 2. The molecule has 0 amide bonds. The maximum absolute atomic E-state index is 5.30. The molecular weight excluding hydrogens is 176 g/mol. The highest BCUT2D eigenvalue weighted by atomic mass is 16.5. The Morgan fingerprint density at radius 3 is 2.64 bits per heavy atom. The minimum absolute atomic E-state index is 0.750. The van der Waals surface area contributed by atoms with Crippen LogP contribution >= 0.6 is 0 Å². The van der Waals surface area contributed by atoms with Gasteiger partial charge in [-0.3, -0.25) is 0 Å². The van der Waals surface area contributed by atoms with Crippen molar-refractivity contribution in [2.24, 2.45) is 0 Å². The Hall–Kier alpha value is -1.70. The van der Waals surface area contributed by atoms with E-state index in [1.54, 1.807) is 14.2 Å². The standard InChI is InChI=1S/C12H11O2/c1-13-11-8-7-9-5-3-4-6-10(9)12(11)14-2/h3-4,6-8H,1-2H3. The Morgan fingerprint density at radius 2 is 1.93 bits per heavy atom. The third-order valence-electron chi connectivity index (χ3n) is 2.18. The lowest BCUT2D eigenvalue weighted by Gasteiger charge is -2.09. The predicted molar refractivity (Wildman–Crippen MR) is 55.9 cm³/mol. The number of ether oxygens (including phenoxy) is 2. The van der Waals surface area contributed by atoms with Crippen LogP contribution < -0.4 is 9.47 Å². The van der Waals surface area contributed by atoms with Crippen molar-refractivity contribution in [2.75, 3.05) is 14.2 Å². The summed E-state index contributed by atoms with van der Waals surface area (Å²) in [6, 6.07) is 12.8. The van der Waals surface area contributed by atoms with Gasteiger partial charge in [-0.15, -0.1) is 0 Å². The van der Waals surface area contributed by atoms with Gasteiger partial charge in [0.25, 0.3) is 0 Å². The quantitative estimate of drug-likeness (QED) is 0.719. The summed E-state index contributed by atoms with van der Waals surface area (Å²) in [7, 11) is 3.28. The Morgan fingerprint density at radius 1 is 1.07 bits per heavy atom. The number of methoxy groups -OCH3 is 2. The molecule has 2 aromatic rings. The number of hydrogen-bond donors (Lipinski definition) is 0. The van der Waals surface area contributed by atoms with Crippen molar-refractivity contribution in [3.63, 3.8) is 0 Å². The number of hydrogen-bond acceptors (Lipinski definition) is 2. The summed E-state index contributed by atoms with van der Waals surface area (Å²) < 4.78 is 10.5. The first kappa shape index (κ1) is 8.88. The van der Waals surface area contributed by atoms with Gasteiger partial charge >= 0.3 is 0 Å². The summed E-state index contributed by atoms with van der Waals surface area (Å²) >= 11 is 0. The molecule has 2 rings (SSSR count). The molecule has 0 aliphatic carbocycles. The lowest BCUT2D eigenvalue weighted by atomic mass is 10.1. The van der Waals surface area contributed by atoms with Gasteiger partial charge in [-0.25, -0.2) is 0 Å². The monoisotopic (exact) mass is 187 g/mol. The van der Waals surface area contributed by atoms with Crippen molar-refractivity contribution in [3.8, 4) is 11.5 Å². The maximum Gasteiger partial charge on any atom is 0.168 e. The Bertz CT molecular complexity index is 449. The second kappa shape index (κ2) is 3.58. The van der Waals surface area contributed by atoms with E-state index in [-0.39, 0.29) is 0 Å². The summed E-state index contributed by atoms with van der Waals surface area (Å²) in [5.41, 5.74) is 0. The zero-order valence-corrected chi connectivity index (χ0v) is 8.20. The lowest BCUT2D eigenvalue weighted by molar-refractivity contribution is 0.358. The van der Waals surface area contributed by atoms with Crippen LogP contribution in [0.4, 0.5) is 0 Å². The highest BCUT2D eigenvalue weighted by Gasteiger charge is 2.07. The molecule has 0 saturated heterocycles. The number of fused-ring (bicyclic) bond motifs is 1. The molecule has 0 N–H and O–H groups in total. The van der Waals surface area contributed by atoms with Gasteiger partial charge in [0.1, 0.15) is 0 Å². The molecule has 71 valence electrons. The van der Waals surface area contributed by atoms with Crippen LogP contribution in [0.1, 0.15) is 0 Å². The summed E-state index contributed by atoms with van der Waals surface area (Å²) in [5.74, 6) is 1.52. The summed E-state index contributed by atoms with van der Waals surface area (Å²) in [5, 5.41) is 2.06. The van der Waals surface area contributed by atoms with Gasteiger partial charge in [0, 0.05) is 5.39 Å². The molecule has 0 aliphatic rings. The molecule has 0 bridgehead atoms. The second-order valence-electron chi connectivity index (χ2n) is 2.93. The summed E-state index contributed by atoms with van der Waals surface area (Å²) in [4.78, 5) is 0. The van der Waals surface area contributed by atoms with E-state index < -0.39 is 0 Å². The zero-order chi connectivity index (χ0) is 9.97. The average Bonchev–Trinajstić information content (AvgIpc) is 2.27. The minimum atomic E-state index is 0.750. The van der Waals surface area contributed by atoms with Crippen molar-refractivity contribution >= 4 is 10.8 Å². The average molecular weight is 187 g/mol. The second-order valence-corrected chi connectivity index (χ2v) is 2.93. The molecule has 0 unspecified atom stereocenters. The first-order chi connectivity index (χ1) is 6.86. The third-order valence-corrected chi connectivity index (χ3v) is 2.18. The van der Waals surface area contributed by atoms with Crippen molar-refractivity contribution < 1.29 is 9.47 Å². The molecule has 14 heavy (non-hydrogen) atoms. The first-order valence-electron chi connectivity index (χ1n) is 4.38. The van der Waals surface area contributed by atoms with Gasteiger partial charge in [-0.2, -0.15) is 0 Å². The molecule has 1 radical (unpaired) electrons. The van der Waals surface area contributed by atoms with Crippen LogP contribution in [0.3, 0.4) is 0 Å². The molecule has 2 aromatic carbocycles. The van der Waals surface area contributed by atoms with E-state index >= 15 is 0 Å². The Kier molecular flexibility index (Phi) is 2.27. The van der Waals surface area contributed by atoms with Crippen LogP contribution in [0, 0.1) is 6.07 Å². The van der Waals surface area contributed by atoms with Gasteiger partial charge in [-0.05, 0) is 23.6 Å². The largest absolute Gasteiger partial charge is 0.493 e. The molecular formula is C12H11O2. The van der Waals surface area contributed by atoms with Crippen LogP contribution in [0.2, 0.25) is 0 Å². The molecule has 0 aliphatic heterocycles. The van der Waals surface area contributed by atoms with E-state index in [1.807, 2.05) is 30.3 Å². The normalized spacial score (nSPS) is 10.1. The van der Waals surface area contributed by atoms with Crippen LogP contribution in [-0.4, -0.2) is 14.2 Å². The first-order valence-corrected chi connectivity index (χ1v) is 4.38. The molecule has 0 atom stereocenters. The van der Waals surface area contributed by atoms with E-state index in [9.17, 15) is 0 Å². The molecule has 0 saturated carbocycles. The predicted octanol–water partition coefficient (Wildman–Crippen LogP) is 2.66.